The molecule has 0 saturated carbocycles. The lowest BCUT2D eigenvalue weighted by molar-refractivity contribution is 0.187. The zero-order chi connectivity index (χ0) is 17.8. The molecule has 1 aliphatic heterocycles. The number of rotatable bonds is 4. The van der Waals surface area contributed by atoms with Gasteiger partial charge in [-0.1, -0.05) is 47.5 Å². The van der Waals surface area contributed by atoms with Crippen LogP contribution in [0.3, 0.4) is 0 Å². The molecular formula is C20H25N3O2. The minimum Gasteiger partial charge on any atom is -0.493 e. The minimum atomic E-state index is -0.666. The molecule has 2 atom stereocenters. The monoisotopic (exact) mass is 339 g/mol. The summed E-state index contributed by atoms with van der Waals surface area (Å²) in [5.41, 5.74) is 10.2. The number of para-hydroxylation sites is 1. The summed E-state index contributed by atoms with van der Waals surface area (Å²) < 4.78 is 5.65. The third-order valence-electron chi connectivity index (χ3n) is 4.34. The van der Waals surface area contributed by atoms with E-state index in [1.165, 1.54) is 0 Å². The summed E-state index contributed by atoms with van der Waals surface area (Å²) in [5, 5.41) is 13.6. The standard InChI is InChI=1S/C20H25N3O2/c1-13-9-14(2)11-15(10-13)18(24)12-22-20(21)23-17-7-8-25-19-6-4-3-5-16(17)19/h3-6,9-11,17-18,24H,7-8,12H2,1-2H3,(H3,21,22,23). The van der Waals surface area contributed by atoms with E-state index < -0.39 is 6.10 Å². The van der Waals surface area contributed by atoms with Crippen molar-refractivity contribution in [1.82, 2.24) is 5.32 Å². The van der Waals surface area contributed by atoms with Crippen molar-refractivity contribution in [3.05, 3.63) is 64.7 Å². The number of aliphatic hydroxyl groups excluding tert-OH is 1. The third-order valence-corrected chi connectivity index (χ3v) is 4.34. The van der Waals surface area contributed by atoms with Crippen LogP contribution in [-0.2, 0) is 0 Å². The van der Waals surface area contributed by atoms with Gasteiger partial charge in [-0.25, -0.2) is 0 Å². The molecule has 2 unspecified atom stereocenters. The molecule has 1 aliphatic rings. The van der Waals surface area contributed by atoms with E-state index in [1.54, 1.807) is 0 Å². The maximum atomic E-state index is 10.4. The number of nitrogens with two attached hydrogens (primary N) is 1. The average Bonchev–Trinajstić information content (AvgIpc) is 2.59. The Morgan fingerprint density at radius 3 is 2.76 bits per heavy atom. The number of aliphatic imine (C=N–C) groups is 1. The SMILES string of the molecule is Cc1cc(C)cc(C(O)CN=C(N)NC2CCOc3ccccc32)c1. The van der Waals surface area contributed by atoms with Crippen LogP contribution in [0, 0.1) is 13.8 Å². The molecule has 3 rings (SSSR count). The Balaban J connectivity index is 1.64. The Morgan fingerprint density at radius 2 is 2.00 bits per heavy atom. The zero-order valence-electron chi connectivity index (χ0n) is 14.7. The topological polar surface area (TPSA) is 79.9 Å². The summed E-state index contributed by atoms with van der Waals surface area (Å²) in [7, 11) is 0. The van der Waals surface area contributed by atoms with Gasteiger partial charge in [0, 0.05) is 12.0 Å². The smallest absolute Gasteiger partial charge is 0.189 e. The van der Waals surface area contributed by atoms with Gasteiger partial charge in [0.25, 0.3) is 0 Å². The number of fused-ring (bicyclic) bond motifs is 1. The Morgan fingerprint density at radius 1 is 1.28 bits per heavy atom. The molecule has 2 aromatic rings. The van der Waals surface area contributed by atoms with Crippen LogP contribution in [0.1, 0.15) is 40.8 Å². The lowest BCUT2D eigenvalue weighted by atomic mass is 10.0. The van der Waals surface area contributed by atoms with Crippen LogP contribution in [0.2, 0.25) is 0 Å². The highest BCUT2D eigenvalue weighted by atomic mass is 16.5. The van der Waals surface area contributed by atoms with Gasteiger partial charge in [-0.05, 0) is 25.5 Å². The second-order valence-corrected chi connectivity index (χ2v) is 6.53. The van der Waals surface area contributed by atoms with E-state index in [4.69, 9.17) is 10.5 Å². The van der Waals surface area contributed by atoms with Crippen LogP contribution in [0.15, 0.2) is 47.5 Å². The van der Waals surface area contributed by atoms with E-state index in [1.807, 2.05) is 50.2 Å². The number of guanidine groups is 1. The Bertz CT molecular complexity index is 753. The van der Waals surface area contributed by atoms with E-state index in [0.29, 0.717) is 12.6 Å². The number of nitrogens with one attached hydrogen (secondary N) is 1. The Hall–Kier alpha value is -2.53. The number of aliphatic hydroxyl groups is 1. The maximum absolute atomic E-state index is 10.4. The van der Waals surface area contributed by atoms with Gasteiger partial charge in [-0.2, -0.15) is 0 Å². The van der Waals surface area contributed by atoms with Crippen LogP contribution in [-0.4, -0.2) is 24.2 Å². The molecule has 25 heavy (non-hydrogen) atoms. The molecule has 0 amide bonds. The van der Waals surface area contributed by atoms with Gasteiger partial charge in [0.05, 0.1) is 25.3 Å². The maximum Gasteiger partial charge on any atom is 0.189 e. The van der Waals surface area contributed by atoms with E-state index in [9.17, 15) is 5.11 Å². The molecule has 5 heteroatoms. The largest absolute Gasteiger partial charge is 0.493 e. The third kappa shape index (κ3) is 4.31. The van der Waals surface area contributed by atoms with Crippen LogP contribution < -0.4 is 15.8 Å². The van der Waals surface area contributed by atoms with E-state index in [-0.39, 0.29) is 12.6 Å². The number of hydrogen-bond acceptors (Lipinski definition) is 3. The fraction of sp³-hybridized carbons (Fsp3) is 0.350. The molecule has 0 bridgehead atoms. The summed E-state index contributed by atoms with van der Waals surface area (Å²) in [6, 6.07) is 14.0. The first kappa shape index (κ1) is 17.3. The predicted molar refractivity (Wildman–Crippen MR) is 99.8 cm³/mol. The van der Waals surface area contributed by atoms with Crippen LogP contribution in [0.4, 0.5) is 0 Å². The van der Waals surface area contributed by atoms with Gasteiger partial charge in [0.2, 0.25) is 0 Å². The fourth-order valence-corrected chi connectivity index (χ4v) is 3.21. The summed E-state index contributed by atoms with van der Waals surface area (Å²) in [5.74, 6) is 1.22. The molecule has 0 saturated heterocycles. The molecule has 0 fully saturated rings. The lowest BCUT2D eigenvalue weighted by Gasteiger charge is -2.27. The molecule has 4 N–H and O–H groups in total. The van der Waals surface area contributed by atoms with E-state index in [0.717, 1.165) is 34.4 Å². The molecule has 0 aromatic heterocycles. The molecule has 132 valence electrons. The molecule has 0 aliphatic carbocycles. The van der Waals surface area contributed by atoms with Crippen LogP contribution in [0.25, 0.3) is 0 Å². The van der Waals surface area contributed by atoms with E-state index in [2.05, 4.69) is 16.4 Å². The Labute approximate surface area is 148 Å². The quantitative estimate of drug-likeness (QED) is 0.591. The molecule has 0 radical (unpaired) electrons. The molecular weight excluding hydrogens is 314 g/mol. The second-order valence-electron chi connectivity index (χ2n) is 6.53. The van der Waals surface area contributed by atoms with Gasteiger partial charge < -0.3 is 20.9 Å². The van der Waals surface area contributed by atoms with Crippen LogP contribution >= 0.6 is 0 Å². The number of hydrogen-bond donors (Lipinski definition) is 3. The zero-order valence-corrected chi connectivity index (χ0v) is 14.7. The predicted octanol–water partition coefficient (Wildman–Crippen LogP) is 2.76. The van der Waals surface area contributed by atoms with Crippen molar-refractivity contribution < 1.29 is 9.84 Å². The summed E-state index contributed by atoms with van der Waals surface area (Å²) in [6.45, 7) is 4.91. The molecule has 5 nitrogen and oxygen atoms in total. The van der Waals surface area contributed by atoms with Crippen molar-refractivity contribution in [1.29, 1.82) is 0 Å². The Kier molecular flexibility index (Phi) is 5.24. The van der Waals surface area contributed by atoms with Crippen molar-refractivity contribution >= 4 is 5.96 Å². The lowest BCUT2D eigenvalue weighted by Crippen LogP contribution is -2.37. The second kappa shape index (κ2) is 7.57. The highest BCUT2D eigenvalue weighted by Crippen LogP contribution is 2.31. The fourth-order valence-electron chi connectivity index (χ4n) is 3.21. The van der Waals surface area contributed by atoms with E-state index >= 15 is 0 Å². The first-order chi connectivity index (χ1) is 12.0. The van der Waals surface area contributed by atoms with Gasteiger partial charge in [-0.3, -0.25) is 4.99 Å². The highest BCUT2D eigenvalue weighted by Gasteiger charge is 2.21. The van der Waals surface area contributed by atoms with Crippen molar-refractivity contribution in [3.8, 4) is 5.75 Å². The van der Waals surface area contributed by atoms with Crippen molar-refractivity contribution in [2.75, 3.05) is 13.2 Å². The summed E-state index contributed by atoms with van der Waals surface area (Å²) in [6.07, 6.45) is 0.160. The van der Waals surface area contributed by atoms with Crippen molar-refractivity contribution in [2.24, 2.45) is 10.7 Å². The van der Waals surface area contributed by atoms with Crippen molar-refractivity contribution in [2.45, 2.75) is 32.4 Å². The van der Waals surface area contributed by atoms with Gasteiger partial charge in [0.15, 0.2) is 5.96 Å². The first-order valence-corrected chi connectivity index (χ1v) is 8.57. The van der Waals surface area contributed by atoms with Gasteiger partial charge in [-0.15, -0.1) is 0 Å². The number of benzene rings is 2. The molecule has 0 spiro atoms. The van der Waals surface area contributed by atoms with Crippen molar-refractivity contribution in [3.63, 3.8) is 0 Å². The normalized spacial score (nSPS) is 18.2. The minimum absolute atomic E-state index is 0.0760. The van der Waals surface area contributed by atoms with Gasteiger partial charge >= 0.3 is 0 Å². The number of nitrogens with zero attached hydrogens (tertiary/aromatic N) is 1. The first-order valence-electron chi connectivity index (χ1n) is 8.57. The molecule has 2 aromatic carbocycles. The highest BCUT2D eigenvalue weighted by molar-refractivity contribution is 5.78. The van der Waals surface area contributed by atoms with Crippen LogP contribution in [0.5, 0.6) is 5.75 Å². The number of ether oxygens (including phenoxy) is 1. The number of aryl methyl sites for hydroxylation is 2. The molecule has 1 heterocycles. The summed E-state index contributed by atoms with van der Waals surface area (Å²) in [4.78, 5) is 4.32. The van der Waals surface area contributed by atoms with Gasteiger partial charge in [0.1, 0.15) is 5.75 Å². The summed E-state index contributed by atoms with van der Waals surface area (Å²) >= 11 is 0. The average molecular weight is 339 g/mol.